The average molecular weight is 1010 g/mol. The highest BCUT2D eigenvalue weighted by atomic mass is 31.2. The van der Waals surface area contributed by atoms with Gasteiger partial charge in [-0.3, -0.25) is 9.36 Å². The summed E-state index contributed by atoms with van der Waals surface area (Å²) in [4.78, 5) is 25.5. The number of rotatable bonds is 55. The molecule has 0 radical (unpaired) electrons. The van der Waals surface area contributed by atoms with Crippen LogP contribution in [-0.4, -0.2) is 68.5 Å². The number of phosphoric acid groups is 1. The van der Waals surface area contributed by atoms with Crippen molar-refractivity contribution in [2.75, 3.05) is 40.9 Å². The Bertz CT molecular complexity index is 1280. The van der Waals surface area contributed by atoms with E-state index in [-0.39, 0.29) is 12.5 Å². The fourth-order valence-corrected chi connectivity index (χ4v) is 9.49. The Morgan fingerprint density at radius 3 is 1.16 bits per heavy atom. The number of hydrogen-bond donors (Lipinski definition) is 2. The predicted molar refractivity (Wildman–Crippen MR) is 302 cm³/mol. The minimum Gasteiger partial charge on any atom is -0.756 e. The molecule has 0 heterocycles. The molecule has 0 saturated carbocycles. The predicted octanol–water partition coefficient (Wildman–Crippen LogP) is 17.7. The van der Waals surface area contributed by atoms with Gasteiger partial charge in [0, 0.05) is 6.42 Å². The first kappa shape index (κ1) is 68.5. The molecule has 0 aliphatic rings. The van der Waals surface area contributed by atoms with Crippen LogP contribution in [0.5, 0.6) is 0 Å². The Balaban J connectivity index is 4.18. The van der Waals surface area contributed by atoms with Gasteiger partial charge in [-0.1, -0.05) is 255 Å². The van der Waals surface area contributed by atoms with E-state index in [1.54, 1.807) is 6.08 Å². The van der Waals surface area contributed by atoms with E-state index in [0.717, 1.165) is 44.9 Å². The van der Waals surface area contributed by atoms with Gasteiger partial charge in [0.05, 0.1) is 39.9 Å². The molecular formula is C61H117N2O6P. The lowest BCUT2D eigenvalue weighted by Gasteiger charge is -2.29. The molecule has 0 aromatic heterocycles. The van der Waals surface area contributed by atoms with Crippen LogP contribution in [0.2, 0.25) is 0 Å². The lowest BCUT2D eigenvalue weighted by Crippen LogP contribution is -2.45. The number of aliphatic hydroxyl groups excluding tert-OH is 1. The highest BCUT2D eigenvalue weighted by molar-refractivity contribution is 7.45. The van der Waals surface area contributed by atoms with Crippen molar-refractivity contribution in [2.45, 2.75) is 296 Å². The summed E-state index contributed by atoms with van der Waals surface area (Å²) in [5.41, 5.74) is 0. The smallest absolute Gasteiger partial charge is 0.268 e. The van der Waals surface area contributed by atoms with Gasteiger partial charge in [-0.15, -0.1) is 0 Å². The molecule has 9 heteroatoms. The van der Waals surface area contributed by atoms with Crippen LogP contribution in [0.4, 0.5) is 0 Å². The number of unbranched alkanes of at least 4 members (excludes halogenated alkanes) is 36. The second-order valence-corrected chi connectivity index (χ2v) is 23.1. The molecule has 70 heavy (non-hydrogen) atoms. The third kappa shape index (κ3) is 54.2. The Labute approximate surface area is 435 Å². The number of nitrogens with one attached hydrogen (secondary N) is 1. The van der Waals surface area contributed by atoms with Crippen LogP contribution >= 0.6 is 7.82 Å². The Hall–Kier alpha value is -1.54. The zero-order valence-electron chi connectivity index (χ0n) is 47.0. The summed E-state index contributed by atoms with van der Waals surface area (Å²) < 4.78 is 23.3. The van der Waals surface area contributed by atoms with E-state index in [2.05, 4.69) is 55.6 Å². The molecule has 0 spiro atoms. The number of nitrogens with zero attached hydrogens (tertiary/aromatic N) is 1. The van der Waals surface area contributed by atoms with Crippen LogP contribution in [0, 0.1) is 0 Å². The lowest BCUT2D eigenvalue weighted by atomic mass is 10.0. The molecule has 0 fully saturated rings. The Morgan fingerprint density at radius 2 is 0.800 bits per heavy atom. The van der Waals surface area contributed by atoms with Crippen LogP contribution in [0.25, 0.3) is 0 Å². The molecular weight excluding hydrogens is 888 g/mol. The van der Waals surface area contributed by atoms with Crippen molar-refractivity contribution in [1.29, 1.82) is 0 Å². The lowest BCUT2D eigenvalue weighted by molar-refractivity contribution is -0.870. The summed E-state index contributed by atoms with van der Waals surface area (Å²) >= 11 is 0. The van der Waals surface area contributed by atoms with Gasteiger partial charge in [-0.2, -0.15) is 0 Å². The van der Waals surface area contributed by atoms with E-state index < -0.39 is 26.6 Å². The number of aliphatic hydroxyl groups is 1. The number of amides is 1. The van der Waals surface area contributed by atoms with Crippen molar-refractivity contribution in [3.8, 4) is 0 Å². The number of quaternary nitrogens is 1. The maximum absolute atomic E-state index is 13.0. The highest BCUT2D eigenvalue weighted by Crippen LogP contribution is 2.38. The number of hydrogen-bond acceptors (Lipinski definition) is 6. The molecule has 0 saturated heterocycles. The fraction of sp³-hybridized carbons (Fsp3) is 0.852. The van der Waals surface area contributed by atoms with Gasteiger partial charge in [0.25, 0.3) is 7.82 Å². The number of carbonyl (C=O) groups excluding carboxylic acids is 1. The number of likely N-dealkylation sites (N-methyl/N-ethyl adjacent to an activating group) is 1. The van der Waals surface area contributed by atoms with Crippen molar-refractivity contribution in [2.24, 2.45) is 0 Å². The normalized spacial score (nSPS) is 14.2. The van der Waals surface area contributed by atoms with Crippen molar-refractivity contribution in [1.82, 2.24) is 5.32 Å². The van der Waals surface area contributed by atoms with E-state index in [1.165, 1.54) is 218 Å². The number of allylic oxidation sites excluding steroid dienone is 7. The highest BCUT2D eigenvalue weighted by Gasteiger charge is 2.23. The zero-order chi connectivity index (χ0) is 51.3. The topological polar surface area (TPSA) is 108 Å². The average Bonchev–Trinajstić information content (AvgIpc) is 3.32. The summed E-state index contributed by atoms with van der Waals surface area (Å²) in [6, 6.07) is -0.910. The molecule has 0 rings (SSSR count). The first-order chi connectivity index (χ1) is 34.0. The van der Waals surface area contributed by atoms with Crippen molar-refractivity contribution >= 4 is 13.7 Å². The van der Waals surface area contributed by atoms with E-state index in [4.69, 9.17) is 9.05 Å². The first-order valence-corrected chi connectivity index (χ1v) is 31.5. The maximum atomic E-state index is 13.0. The molecule has 2 N–H and O–H groups in total. The number of phosphoric ester groups is 1. The summed E-state index contributed by atoms with van der Waals surface area (Å²) in [6.07, 6.45) is 69.2. The molecule has 3 unspecified atom stereocenters. The van der Waals surface area contributed by atoms with Crippen molar-refractivity contribution in [3.63, 3.8) is 0 Å². The third-order valence-corrected chi connectivity index (χ3v) is 14.5. The van der Waals surface area contributed by atoms with Gasteiger partial charge in [0.1, 0.15) is 13.2 Å². The largest absolute Gasteiger partial charge is 0.756 e. The van der Waals surface area contributed by atoms with Crippen molar-refractivity contribution < 1.29 is 32.9 Å². The van der Waals surface area contributed by atoms with Crippen molar-refractivity contribution in [3.05, 3.63) is 48.6 Å². The zero-order valence-corrected chi connectivity index (χ0v) is 47.9. The summed E-state index contributed by atoms with van der Waals surface area (Å²) in [6.45, 7) is 4.65. The molecule has 0 aromatic carbocycles. The van der Waals surface area contributed by atoms with E-state index >= 15 is 0 Å². The van der Waals surface area contributed by atoms with Gasteiger partial charge in [0.15, 0.2) is 0 Å². The quantitative estimate of drug-likeness (QED) is 0.0272. The van der Waals surface area contributed by atoms with Gasteiger partial charge < -0.3 is 28.8 Å². The summed E-state index contributed by atoms with van der Waals surface area (Å²) in [5.74, 6) is -0.209. The van der Waals surface area contributed by atoms with Crippen LogP contribution in [0.1, 0.15) is 284 Å². The van der Waals surface area contributed by atoms with Crippen LogP contribution in [-0.2, 0) is 18.4 Å². The molecule has 0 aliphatic heterocycles. The van der Waals surface area contributed by atoms with Gasteiger partial charge in [-0.05, 0) is 70.6 Å². The standard InChI is InChI=1S/C61H117N2O6P/c1-6-8-10-12-14-16-18-20-22-24-26-27-28-29-30-31-32-33-34-35-37-39-41-43-45-47-49-51-53-55-61(65)62-59(58-69-70(66,67)68-57-56-63(3,4)5)60(64)54-52-50-48-46-44-42-40-38-36-25-23-21-19-17-15-13-11-9-7-2/h29-30,36,38,44,46,52,54,59-60,64H,6-28,31-35,37,39-43,45,47-51,53,55-58H2,1-5H3,(H-,62,65,66,67)/b30-29-,38-36+,46-44+,54-52+. The minimum absolute atomic E-state index is 0.00902. The summed E-state index contributed by atoms with van der Waals surface area (Å²) in [7, 11) is 1.24. The van der Waals surface area contributed by atoms with E-state index in [1.807, 2.05) is 27.2 Å². The molecule has 0 aromatic rings. The Kier molecular flexibility index (Phi) is 51.2. The van der Waals surface area contributed by atoms with Crippen LogP contribution in [0.15, 0.2) is 48.6 Å². The third-order valence-electron chi connectivity index (χ3n) is 13.5. The maximum Gasteiger partial charge on any atom is 0.268 e. The van der Waals surface area contributed by atoms with Gasteiger partial charge in [0.2, 0.25) is 5.91 Å². The van der Waals surface area contributed by atoms with Crippen LogP contribution in [0.3, 0.4) is 0 Å². The molecule has 0 aliphatic carbocycles. The molecule has 8 nitrogen and oxygen atoms in total. The molecule has 0 bridgehead atoms. The summed E-state index contributed by atoms with van der Waals surface area (Å²) in [5, 5.41) is 13.9. The second-order valence-electron chi connectivity index (χ2n) is 21.7. The first-order valence-electron chi connectivity index (χ1n) is 30.0. The van der Waals surface area contributed by atoms with E-state index in [9.17, 15) is 19.4 Å². The van der Waals surface area contributed by atoms with Crippen LogP contribution < -0.4 is 10.2 Å². The number of carbonyl (C=O) groups is 1. The van der Waals surface area contributed by atoms with Gasteiger partial charge in [-0.25, -0.2) is 0 Å². The Morgan fingerprint density at radius 1 is 0.486 bits per heavy atom. The second kappa shape index (κ2) is 52.3. The fourth-order valence-electron chi connectivity index (χ4n) is 8.77. The van der Waals surface area contributed by atoms with Gasteiger partial charge >= 0.3 is 0 Å². The minimum atomic E-state index is -4.61. The van der Waals surface area contributed by atoms with E-state index in [0.29, 0.717) is 17.4 Å². The molecule has 3 atom stereocenters. The molecule has 412 valence electrons. The monoisotopic (exact) mass is 1000 g/mol. The molecule has 1 amide bonds. The SMILES string of the molecule is CCCCCCCCCCC/C=C/CC/C=C/CC/C=C/C(O)C(COP(=O)([O-])OCC[N+](C)(C)C)NC(=O)CCCCCCCCCCCCCCC/C=C\CCCCCCCCCCCCCC.